The molecule has 18 heavy (non-hydrogen) atoms. The van der Waals surface area contributed by atoms with Crippen molar-refractivity contribution in [3.8, 4) is 5.88 Å². The Kier molecular flexibility index (Phi) is 4.72. The lowest BCUT2D eigenvalue weighted by Gasteiger charge is -2.32. The lowest BCUT2D eigenvalue weighted by molar-refractivity contribution is 0.177. The summed E-state index contributed by atoms with van der Waals surface area (Å²) in [5.74, 6) is 1.23. The summed E-state index contributed by atoms with van der Waals surface area (Å²) in [6.07, 6.45) is 2.70. The monoisotopic (exact) mass is 251 g/mol. The molecule has 1 N–H and O–H groups in total. The summed E-state index contributed by atoms with van der Waals surface area (Å²) < 4.78 is 5.48. The first-order valence-corrected chi connectivity index (χ1v) is 6.44. The molecule has 0 amide bonds. The lowest BCUT2D eigenvalue weighted by atomic mass is 10.4. The van der Waals surface area contributed by atoms with Gasteiger partial charge in [0, 0.05) is 38.4 Å². The van der Waals surface area contributed by atoms with Crippen LogP contribution in [0.1, 0.15) is 13.3 Å². The van der Waals surface area contributed by atoms with Gasteiger partial charge in [-0.15, -0.1) is 0 Å². The summed E-state index contributed by atoms with van der Waals surface area (Å²) in [6, 6.07) is 1.78. The Hall–Kier alpha value is -1.40. The van der Waals surface area contributed by atoms with Crippen molar-refractivity contribution >= 4 is 5.95 Å². The van der Waals surface area contributed by atoms with E-state index in [4.69, 9.17) is 4.74 Å². The van der Waals surface area contributed by atoms with E-state index in [-0.39, 0.29) is 0 Å². The van der Waals surface area contributed by atoms with Crippen molar-refractivity contribution in [2.24, 2.45) is 0 Å². The SMILES string of the molecule is CCCOc1ccnc(NN2CCN(C)CC2)n1. The fourth-order valence-electron chi connectivity index (χ4n) is 1.74. The second-order valence-electron chi connectivity index (χ2n) is 4.47. The van der Waals surface area contributed by atoms with Gasteiger partial charge in [0.05, 0.1) is 6.61 Å². The average molecular weight is 251 g/mol. The summed E-state index contributed by atoms with van der Waals surface area (Å²) >= 11 is 0. The molecule has 100 valence electrons. The third-order valence-corrected chi connectivity index (χ3v) is 2.85. The molecule has 0 bridgehead atoms. The van der Waals surface area contributed by atoms with E-state index in [1.165, 1.54) is 0 Å². The summed E-state index contributed by atoms with van der Waals surface area (Å²) in [7, 11) is 2.13. The number of anilines is 1. The highest BCUT2D eigenvalue weighted by atomic mass is 16.5. The van der Waals surface area contributed by atoms with Crippen molar-refractivity contribution in [2.75, 3.05) is 45.3 Å². The third kappa shape index (κ3) is 3.82. The molecule has 0 aliphatic carbocycles. The fraction of sp³-hybridized carbons (Fsp3) is 0.667. The quantitative estimate of drug-likeness (QED) is 0.837. The van der Waals surface area contributed by atoms with E-state index in [0.29, 0.717) is 18.4 Å². The second kappa shape index (κ2) is 6.51. The summed E-state index contributed by atoms with van der Waals surface area (Å²) in [4.78, 5) is 10.8. The number of nitrogens with one attached hydrogen (secondary N) is 1. The number of piperazine rings is 1. The molecule has 6 nitrogen and oxygen atoms in total. The molecule has 0 aromatic carbocycles. The molecule has 1 aromatic heterocycles. The number of rotatable bonds is 5. The maximum absolute atomic E-state index is 5.48. The fourth-order valence-corrected chi connectivity index (χ4v) is 1.74. The topological polar surface area (TPSA) is 53.5 Å². The van der Waals surface area contributed by atoms with Gasteiger partial charge in [-0.05, 0) is 13.5 Å². The van der Waals surface area contributed by atoms with Crippen molar-refractivity contribution in [3.05, 3.63) is 12.3 Å². The van der Waals surface area contributed by atoms with Gasteiger partial charge in [0.15, 0.2) is 0 Å². The zero-order valence-corrected chi connectivity index (χ0v) is 11.1. The molecule has 1 aromatic rings. The van der Waals surface area contributed by atoms with Crippen LogP contribution in [-0.2, 0) is 0 Å². The van der Waals surface area contributed by atoms with Crippen molar-refractivity contribution in [3.63, 3.8) is 0 Å². The van der Waals surface area contributed by atoms with Gasteiger partial charge in [-0.25, -0.2) is 9.99 Å². The minimum absolute atomic E-state index is 0.605. The summed E-state index contributed by atoms with van der Waals surface area (Å²) in [5.41, 5.74) is 3.22. The standard InChI is InChI=1S/C12H21N5O/c1-3-10-18-11-4-5-13-12(14-11)15-17-8-6-16(2)7-9-17/h4-5H,3,6-10H2,1-2H3,(H,13,14,15). The number of aromatic nitrogens is 2. The molecule has 0 unspecified atom stereocenters. The first kappa shape index (κ1) is 13.0. The Morgan fingerprint density at radius 3 is 2.83 bits per heavy atom. The molecular weight excluding hydrogens is 230 g/mol. The van der Waals surface area contributed by atoms with Crippen molar-refractivity contribution in [1.29, 1.82) is 0 Å². The minimum atomic E-state index is 0.605. The first-order valence-electron chi connectivity index (χ1n) is 6.44. The van der Waals surface area contributed by atoms with Gasteiger partial charge in [0.25, 0.3) is 0 Å². The van der Waals surface area contributed by atoms with Crippen LogP contribution in [-0.4, -0.2) is 59.7 Å². The summed E-state index contributed by atoms with van der Waals surface area (Å²) in [5, 5.41) is 2.14. The van der Waals surface area contributed by atoms with Gasteiger partial charge >= 0.3 is 0 Å². The average Bonchev–Trinajstić information content (AvgIpc) is 2.40. The van der Waals surface area contributed by atoms with E-state index in [1.54, 1.807) is 12.3 Å². The lowest BCUT2D eigenvalue weighted by Crippen LogP contribution is -2.47. The molecule has 6 heteroatoms. The normalized spacial score (nSPS) is 17.7. The number of nitrogens with zero attached hydrogens (tertiary/aromatic N) is 4. The van der Waals surface area contributed by atoms with Crippen LogP contribution in [0.3, 0.4) is 0 Å². The van der Waals surface area contributed by atoms with Gasteiger partial charge in [-0.3, -0.25) is 5.43 Å². The molecule has 0 radical (unpaired) electrons. The Morgan fingerprint density at radius 1 is 1.33 bits per heavy atom. The van der Waals surface area contributed by atoms with E-state index in [9.17, 15) is 0 Å². The Bertz CT molecular complexity index is 365. The second-order valence-corrected chi connectivity index (χ2v) is 4.47. The van der Waals surface area contributed by atoms with E-state index < -0.39 is 0 Å². The van der Waals surface area contributed by atoms with Crippen LogP contribution in [0.2, 0.25) is 0 Å². The smallest absolute Gasteiger partial charge is 0.240 e. The van der Waals surface area contributed by atoms with Crippen molar-refractivity contribution in [2.45, 2.75) is 13.3 Å². The molecule has 1 saturated heterocycles. The van der Waals surface area contributed by atoms with Gasteiger partial charge < -0.3 is 9.64 Å². The Morgan fingerprint density at radius 2 is 2.11 bits per heavy atom. The number of likely N-dealkylation sites (N-methyl/N-ethyl adjacent to an activating group) is 1. The molecule has 2 heterocycles. The third-order valence-electron chi connectivity index (χ3n) is 2.85. The van der Waals surface area contributed by atoms with E-state index in [2.05, 4.69) is 39.3 Å². The molecule has 1 aliphatic heterocycles. The van der Waals surface area contributed by atoms with Crippen LogP contribution in [0, 0.1) is 0 Å². The highest BCUT2D eigenvalue weighted by Gasteiger charge is 2.14. The van der Waals surface area contributed by atoms with Gasteiger partial charge in [-0.2, -0.15) is 4.98 Å². The molecule has 0 saturated carbocycles. The van der Waals surface area contributed by atoms with Crippen LogP contribution in [0.25, 0.3) is 0 Å². The van der Waals surface area contributed by atoms with E-state index in [1.807, 2.05) is 0 Å². The first-order chi connectivity index (χ1) is 8.78. The van der Waals surface area contributed by atoms with E-state index >= 15 is 0 Å². The highest BCUT2D eigenvalue weighted by molar-refractivity contribution is 5.26. The van der Waals surface area contributed by atoms with Crippen LogP contribution >= 0.6 is 0 Å². The molecule has 1 aliphatic rings. The predicted octanol–water partition coefficient (Wildman–Crippen LogP) is 0.840. The maximum atomic E-state index is 5.48. The number of hydrogen-bond donors (Lipinski definition) is 1. The molecule has 1 fully saturated rings. The van der Waals surface area contributed by atoms with Crippen molar-refractivity contribution in [1.82, 2.24) is 19.9 Å². The summed E-state index contributed by atoms with van der Waals surface area (Å²) in [6.45, 7) is 6.81. The number of ether oxygens (including phenoxy) is 1. The highest BCUT2D eigenvalue weighted by Crippen LogP contribution is 2.10. The maximum Gasteiger partial charge on any atom is 0.240 e. The van der Waals surface area contributed by atoms with E-state index in [0.717, 1.165) is 32.6 Å². The van der Waals surface area contributed by atoms with Gasteiger partial charge in [-0.1, -0.05) is 6.92 Å². The largest absolute Gasteiger partial charge is 0.478 e. The number of hydrogen-bond acceptors (Lipinski definition) is 6. The number of hydrazine groups is 1. The van der Waals surface area contributed by atoms with Crippen molar-refractivity contribution < 1.29 is 4.74 Å². The molecular formula is C12H21N5O. The van der Waals surface area contributed by atoms with Crippen LogP contribution in [0.4, 0.5) is 5.95 Å². The molecule has 0 spiro atoms. The van der Waals surface area contributed by atoms with Crippen LogP contribution < -0.4 is 10.2 Å². The van der Waals surface area contributed by atoms with Crippen LogP contribution in [0.15, 0.2) is 12.3 Å². The molecule has 2 rings (SSSR count). The predicted molar refractivity (Wildman–Crippen MR) is 70.5 cm³/mol. The molecule has 0 atom stereocenters. The Balaban J connectivity index is 1.88. The van der Waals surface area contributed by atoms with Crippen LogP contribution in [0.5, 0.6) is 5.88 Å². The zero-order valence-electron chi connectivity index (χ0n) is 11.1. The minimum Gasteiger partial charge on any atom is -0.478 e. The Labute approximate surface area is 108 Å². The van der Waals surface area contributed by atoms with Gasteiger partial charge in [0.2, 0.25) is 11.8 Å². The van der Waals surface area contributed by atoms with Gasteiger partial charge in [0.1, 0.15) is 0 Å². The zero-order chi connectivity index (χ0) is 12.8.